The van der Waals surface area contributed by atoms with Gasteiger partial charge in [-0.3, -0.25) is 25.1 Å². The number of hydrogen-bond acceptors (Lipinski definition) is 7. The fourth-order valence-electron chi connectivity index (χ4n) is 1.79. The highest BCUT2D eigenvalue weighted by atomic mass is 35.5. The number of aliphatic imine (C=N–C) groups is 1. The third-order valence-electron chi connectivity index (χ3n) is 2.98. The molecule has 0 aliphatic carbocycles. The molecule has 1 aliphatic heterocycles. The van der Waals surface area contributed by atoms with Crippen LogP contribution in [0.2, 0.25) is 5.02 Å². The second-order valence-electron chi connectivity index (χ2n) is 4.35. The van der Waals surface area contributed by atoms with Crippen molar-refractivity contribution in [3.05, 3.63) is 50.9 Å². The molecule has 0 spiro atoms. The average Bonchev–Trinajstić information content (AvgIpc) is 2.55. The average molecular weight is 341 g/mol. The van der Waals surface area contributed by atoms with Crippen molar-refractivity contribution in [1.82, 2.24) is 10.4 Å². The maximum Gasteiger partial charge on any atom is 0.270 e. The number of rotatable bonds is 4. The molecule has 0 saturated heterocycles. The first-order valence-corrected chi connectivity index (χ1v) is 6.71. The lowest BCUT2D eigenvalue weighted by Crippen LogP contribution is -2.45. The van der Waals surface area contributed by atoms with E-state index in [9.17, 15) is 14.9 Å². The van der Waals surface area contributed by atoms with Crippen molar-refractivity contribution < 1.29 is 19.3 Å². The zero-order valence-electron chi connectivity index (χ0n) is 12.3. The highest BCUT2D eigenvalue weighted by Gasteiger charge is 2.22. The standard InChI is InChI=1S/C13H13ClN4O5/c1-22-9-6-15-13(17(7-9)23-2)16-12(19)10-5-8(18(20)21)3-4-11(10)14/h3-6H,7H2,1-2H3,(H,15,16,19). The minimum atomic E-state index is -0.645. The normalized spacial score (nSPS) is 14.0. The predicted molar refractivity (Wildman–Crippen MR) is 81.8 cm³/mol. The van der Waals surface area contributed by atoms with Crippen LogP contribution in [-0.4, -0.2) is 42.6 Å². The van der Waals surface area contributed by atoms with Crippen LogP contribution in [0.1, 0.15) is 10.4 Å². The molecule has 0 atom stereocenters. The SMILES string of the molecule is COC1=CN=C(NC(=O)c2cc([N+](=O)[O-])ccc2Cl)N(OC)C1. The molecular weight excluding hydrogens is 328 g/mol. The minimum absolute atomic E-state index is 0.0406. The molecule has 2 rings (SSSR count). The molecule has 0 aromatic heterocycles. The van der Waals surface area contributed by atoms with Crippen LogP contribution >= 0.6 is 11.6 Å². The summed E-state index contributed by atoms with van der Waals surface area (Å²) in [6.07, 6.45) is 1.43. The lowest BCUT2D eigenvalue weighted by atomic mass is 10.2. The van der Waals surface area contributed by atoms with E-state index in [1.54, 1.807) is 0 Å². The van der Waals surface area contributed by atoms with Gasteiger partial charge in [0.05, 0.1) is 35.9 Å². The van der Waals surface area contributed by atoms with E-state index >= 15 is 0 Å². The third kappa shape index (κ3) is 3.76. The number of benzene rings is 1. The van der Waals surface area contributed by atoms with Crippen LogP contribution in [0.25, 0.3) is 0 Å². The van der Waals surface area contributed by atoms with Crippen molar-refractivity contribution in [2.45, 2.75) is 0 Å². The van der Waals surface area contributed by atoms with Crippen LogP contribution in [-0.2, 0) is 9.57 Å². The molecule has 1 amide bonds. The van der Waals surface area contributed by atoms with Crippen LogP contribution in [0.5, 0.6) is 0 Å². The number of nitrogens with one attached hydrogen (secondary N) is 1. The molecule has 23 heavy (non-hydrogen) atoms. The Hall–Kier alpha value is -2.65. The molecule has 122 valence electrons. The Morgan fingerprint density at radius 1 is 1.48 bits per heavy atom. The third-order valence-corrected chi connectivity index (χ3v) is 3.31. The van der Waals surface area contributed by atoms with Crippen LogP contribution in [0, 0.1) is 10.1 Å². The number of non-ortho nitro benzene ring substituents is 1. The number of nitro groups is 1. The van der Waals surface area contributed by atoms with Gasteiger partial charge in [-0.1, -0.05) is 11.6 Å². The van der Waals surface area contributed by atoms with Crippen LogP contribution < -0.4 is 5.32 Å². The fraction of sp³-hybridized carbons (Fsp3) is 0.231. The quantitative estimate of drug-likeness (QED) is 0.660. The van der Waals surface area contributed by atoms with Gasteiger partial charge in [-0.15, -0.1) is 0 Å². The zero-order valence-corrected chi connectivity index (χ0v) is 13.0. The van der Waals surface area contributed by atoms with Crippen molar-refractivity contribution in [2.24, 2.45) is 4.99 Å². The molecule has 0 radical (unpaired) electrons. The Kier molecular flexibility index (Phi) is 5.14. The van der Waals surface area contributed by atoms with Crippen molar-refractivity contribution in [1.29, 1.82) is 0 Å². The van der Waals surface area contributed by atoms with Crippen LogP contribution in [0.4, 0.5) is 5.69 Å². The monoisotopic (exact) mass is 340 g/mol. The summed E-state index contributed by atoms with van der Waals surface area (Å²) in [5, 5.41) is 14.7. The molecule has 9 nitrogen and oxygen atoms in total. The summed E-state index contributed by atoms with van der Waals surface area (Å²) in [6, 6.07) is 3.59. The first kappa shape index (κ1) is 16.7. The van der Waals surface area contributed by atoms with E-state index in [0.29, 0.717) is 5.76 Å². The number of nitro benzene ring substituents is 1. The van der Waals surface area contributed by atoms with Gasteiger partial charge < -0.3 is 4.74 Å². The fourth-order valence-corrected chi connectivity index (χ4v) is 1.99. The summed E-state index contributed by atoms with van der Waals surface area (Å²) in [5.74, 6) is 0.00729. The number of ether oxygens (including phenoxy) is 1. The number of nitrogens with zero attached hydrogens (tertiary/aromatic N) is 3. The lowest BCUT2D eigenvalue weighted by molar-refractivity contribution is -0.384. The number of amides is 1. The number of hydroxylamine groups is 2. The largest absolute Gasteiger partial charge is 0.497 e. The Balaban J connectivity index is 2.25. The molecule has 1 heterocycles. The molecule has 10 heteroatoms. The van der Waals surface area contributed by atoms with E-state index in [1.807, 2.05) is 0 Å². The van der Waals surface area contributed by atoms with Gasteiger partial charge in [0.25, 0.3) is 11.6 Å². The molecule has 0 saturated carbocycles. The number of hydrogen-bond donors (Lipinski definition) is 1. The predicted octanol–water partition coefficient (Wildman–Crippen LogP) is 1.70. The Bertz CT molecular complexity index is 704. The van der Waals surface area contributed by atoms with E-state index in [4.69, 9.17) is 21.2 Å². The van der Waals surface area contributed by atoms with Crippen LogP contribution in [0.15, 0.2) is 35.2 Å². The topological polar surface area (TPSA) is 106 Å². The first-order valence-electron chi connectivity index (χ1n) is 6.34. The Morgan fingerprint density at radius 3 is 2.83 bits per heavy atom. The number of guanidine groups is 1. The van der Waals surface area contributed by atoms with Crippen molar-refractivity contribution in [3.8, 4) is 0 Å². The molecule has 1 N–H and O–H groups in total. The summed E-state index contributed by atoms with van der Waals surface area (Å²) < 4.78 is 5.05. The molecule has 1 aromatic rings. The van der Waals surface area contributed by atoms with Gasteiger partial charge in [-0.2, -0.15) is 0 Å². The van der Waals surface area contributed by atoms with Crippen molar-refractivity contribution in [2.75, 3.05) is 20.8 Å². The number of methoxy groups -OCH3 is 1. The smallest absolute Gasteiger partial charge is 0.270 e. The Morgan fingerprint density at radius 2 is 2.22 bits per heavy atom. The molecule has 0 unspecified atom stereocenters. The molecular formula is C13H13ClN4O5. The van der Waals surface area contributed by atoms with Crippen molar-refractivity contribution >= 4 is 29.2 Å². The summed E-state index contributed by atoms with van der Waals surface area (Å²) in [7, 11) is 2.89. The maximum absolute atomic E-state index is 12.3. The second-order valence-corrected chi connectivity index (χ2v) is 4.75. The summed E-state index contributed by atoms with van der Waals surface area (Å²) in [4.78, 5) is 31.6. The number of halogens is 1. The van der Waals surface area contributed by atoms with E-state index in [0.717, 1.165) is 6.07 Å². The molecule has 0 bridgehead atoms. The summed E-state index contributed by atoms with van der Waals surface area (Å²) in [5.41, 5.74) is -0.281. The van der Waals surface area contributed by atoms with Crippen molar-refractivity contribution in [3.63, 3.8) is 0 Å². The second kappa shape index (κ2) is 7.07. The van der Waals surface area contributed by atoms with Gasteiger partial charge in [0.1, 0.15) is 12.3 Å². The van der Waals surface area contributed by atoms with Crippen LogP contribution in [0.3, 0.4) is 0 Å². The van der Waals surface area contributed by atoms with Gasteiger partial charge in [0, 0.05) is 12.1 Å². The Labute approximate surface area is 136 Å². The molecule has 0 fully saturated rings. The van der Waals surface area contributed by atoms with Gasteiger partial charge in [-0.05, 0) is 6.07 Å². The number of carbonyl (C=O) groups is 1. The minimum Gasteiger partial charge on any atom is -0.497 e. The number of carbonyl (C=O) groups excluding carboxylic acids is 1. The van der Waals surface area contributed by atoms with Gasteiger partial charge in [-0.25, -0.2) is 10.1 Å². The van der Waals surface area contributed by atoms with Gasteiger partial charge in [0.2, 0.25) is 5.96 Å². The van der Waals surface area contributed by atoms with E-state index in [2.05, 4.69) is 10.3 Å². The molecule has 1 aliphatic rings. The molecule has 1 aromatic carbocycles. The van der Waals surface area contributed by atoms with Gasteiger partial charge in [0.15, 0.2) is 0 Å². The zero-order chi connectivity index (χ0) is 17.0. The van der Waals surface area contributed by atoms with Gasteiger partial charge >= 0.3 is 0 Å². The highest BCUT2D eigenvalue weighted by molar-refractivity contribution is 6.34. The lowest BCUT2D eigenvalue weighted by Gasteiger charge is -2.26. The van der Waals surface area contributed by atoms with E-state index < -0.39 is 10.8 Å². The summed E-state index contributed by atoms with van der Waals surface area (Å²) >= 11 is 5.93. The highest BCUT2D eigenvalue weighted by Crippen LogP contribution is 2.22. The first-order chi connectivity index (χ1) is 11.0. The van der Waals surface area contributed by atoms with E-state index in [1.165, 1.54) is 37.6 Å². The summed E-state index contributed by atoms with van der Waals surface area (Å²) in [6.45, 7) is 0.245. The maximum atomic E-state index is 12.3. The van der Waals surface area contributed by atoms with E-state index in [-0.39, 0.29) is 28.8 Å².